The van der Waals surface area contributed by atoms with Gasteiger partial charge in [-0.1, -0.05) is 12.1 Å². The highest BCUT2D eigenvalue weighted by Gasteiger charge is 2.74. The third-order valence-electron chi connectivity index (χ3n) is 7.96. The monoisotopic (exact) mass is 519 g/mol. The van der Waals surface area contributed by atoms with Crippen LogP contribution in [0.15, 0.2) is 42.5 Å². The molecule has 1 amide bonds. The average Bonchev–Trinajstić information content (AvgIpc) is 3.52. The molecule has 4 atom stereocenters. The van der Waals surface area contributed by atoms with Crippen molar-refractivity contribution in [3.05, 3.63) is 59.2 Å². The molecular formula is C25H24F3N3O4S. The van der Waals surface area contributed by atoms with Crippen molar-refractivity contribution in [3.63, 3.8) is 0 Å². The van der Waals surface area contributed by atoms with Gasteiger partial charge in [0, 0.05) is 19.0 Å². The zero-order valence-corrected chi connectivity index (χ0v) is 20.2. The molecular weight excluding hydrogens is 495 g/mol. The fourth-order valence-electron chi connectivity index (χ4n) is 6.37. The Morgan fingerprint density at radius 2 is 1.94 bits per heavy atom. The van der Waals surface area contributed by atoms with Crippen molar-refractivity contribution < 1.29 is 31.1 Å². The molecule has 2 bridgehead atoms. The number of amides is 1. The van der Waals surface area contributed by atoms with Crippen LogP contribution in [0.1, 0.15) is 36.0 Å². The molecule has 3 aliphatic rings. The van der Waals surface area contributed by atoms with Gasteiger partial charge in [0.25, 0.3) is 10.0 Å². The molecule has 0 unspecified atom stereocenters. The van der Waals surface area contributed by atoms with E-state index in [0.29, 0.717) is 24.7 Å². The number of rotatable bonds is 5. The van der Waals surface area contributed by atoms with Crippen molar-refractivity contribution in [2.24, 2.45) is 17.8 Å². The number of nitriles is 1. The Balaban J connectivity index is 1.50. The summed E-state index contributed by atoms with van der Waals surface area (Å²) in [6.45, 7) is 0.0436. The Bertz CT molecular complexity index is 1350. The van der Waals surface area contributed by atoms with Crippen LogP contribution in [0.5, 0.6) is 5.75 Å². The van der Waals surface area contributed by atoms with Crippen molar-refractivity contribution in [2.75, 3.05) is 18.0 Å². The minimum absolute atomic E-state index is 0.00183. The third kappa shape index (κ3) is 3.45. The molecule has 2 saturated carbocycles. The van der Waals surface area contributed by atoms with Crippen molar-refractivity contribution in [1.82, 2.24) is 5.32 Å². The summed E-state index contributed by atoms with van der Waals surface area (Å²) in [4.78, 5) is 13.7. The second kappa shape index (κ2) is 8.40. The number of ether oxygens (including phenoxy) is 1. The van der Waals surface area contributed by atoms with Crippen LogP contribution in [0, 0.1) is 29.1 Å². The third-order valence-corrected chi connectivity index (χ3v) is 10.6. The molecule has 190 valence electrons. The van der Waals surface area contributed by atoms with Gasteiger partial charge < -0.3 is 10.1 Å². The summed E-state index contributed by atoms with van der Waals surface area (Å²) in [6.07, 6.45) is -2.86. The molecule has 7 nitrogen and oxygen atoms in total. The van der Waals surface area contributed by atoms with E-state index in [1.807, 2.05) is 0 Å². The zero-order chi connectivity index (χ0) is 25.9. The first-order valence-electron chi connectivity index (χ1n) is 11.6. The number of sulfonamides is 1. The lowest BCUT2D eigenvalue weighted by atomic mass is 9.77. The second-order valence-electron chi connectivity index (χ2n) is 9.58. The number of carbonyl (C=O) groups excluding carboxylic acids is 1. The fourth-order valence-corrected chi connectivity index (χ4v) is 9.07. The summed E-state index contributed by atoms with van der Waals surface area (Å²) >= 11 is 0. The lowest BCUT2D eigenvalue weighted by Gasteiger charge is -2.35. The number of methoxy groups -OCH3 is 1. The summed E-state index contributed by atoms with van der Waals surface area (Å²) in [7, 11) is -2.82. The number of hydrogen-bond donors (Lipinski definition) is 1. The number of carbonyl (C=O) groups is 1. The topological polar surface area (TPSA) is 99.5 Å². The van der Waals surface area contributed by atoms with E-state index in [4.69, 9.17) is 10.00 Å². The maximum Gasteiger partial charge on any atom is 0.417 e. The second-order valence-corrected chi connectivity index (χ2v) is 11.6. The van der Waals surface area contributed by atoms with Crippen LogP contribution in [0.25, 0.3) is 0 Å². The van der Waals surface area contributed by atoms with Gasteiger partial charge >= 0.3 is 6.18 Å². The highest BCUT2D eigenvalue weighted by molar-refractivity contribution is 7.95. The van der Waals surface area contributed by atoms with Gasteiger partial charge in [-0.3, -0.25) is 9.10 Å². The lowest BCUT2D eigenvalue weighted by molar-refractivity contribution is -0.137. The van der Waals surface area contributed by atoms with Gasteiger partial charge in [0.15, 0.2) is 4.75 Å². The number of alkyl halides is 3. The van der Waals surface area contributed by atoms with Gasteiger partial charge in [0.2, 0.25) is 5.91 Å². The predicted molar refractivity (Wildman–Crippen MR) is 124 cm³/mol. The minimum Gasteiger partial charge on any atom is -0.497 e. The number of fused-ring (bicyclic) bond motifs is 5. The normalized spacial score (nSPS) is 28.0. The number of benzene rings is 2. The maximum absolute atomic E-state index is 14.0. The molecule has 0 spiro atoms. The largest absolute Gasteiger partial charge is 0.497 e. The molecule has 5 rings (SSSR count). The van der Waals surface area contributed by atoms with Gasteiger partial charge in [-0.25, -0.2) is 8.42 Å². The average molecular weight is 520 g/mol. The Kier molecular flexibility index (Phi) is 5.70. The Hall–Kier alpha value is -3.26. The zero-order valence-electron chi connectivity index (χ0n) is 19.4. The van der Waals surface area contributed by atoms with Crippen LogP contribution in [0.3, 0.4) is 0 Å². The van der Waals surface area contributed by atoms with Crippen LogP contribution in [-0.2, 0) is 27.5 Å². The summed E-state index contributed by atoms with van der Waals surface area (Å²) in [5.74, 6) is -0.892. The fraction of sp³-hybridized carbons (Fsp3) is 0.440. The Morgan fingerprint density at radius 3 is 2.58 bits per heavy atom. The highest BCUT2D eigenvalue weighted by Crippen LogP contribution is 2.62. The van der Waals surface area contributed by atoms with E-state index in [2.05, 4.69) is 5.32 Å². The van der Waals surface area contributed by atoms with Crippen LogP contribution < -0.4 is 14.4 Å². The van der Waals surface area contributed by atoms with E-state index in [-0.39, 0.29) is 24.7 Å². The van der Waals surface area contributed by atoms with Crippen molar-refractivity contribution in [2.45, 2.75) is 36.7 Å². The molecule has 36 heavy (non-hydrogen) atoms. The molecule has 1 aliphatic heterocycles. The standard InChI is InChI=1S/C25H24F3N3O4S/c1-35-20-8-2-15(3-9-20)13-30-23(32)24-18-6-4-16(10-18)22(24)14-31(36(24,33)34)19-7-5-17(12-29)21(11-19)25(26,27)28/h2-3,5,7-9,11,16,18,22H,4,6,10,13-14H2,1H3,(H,30,32)/t16-,18+,22-,24+/m0/s1. The number of halogens is 3. The maximum atomic E-state index is 14.0. The summed E-state index contributed by atoms with van der Waals surface area (Å²) in [5.41, 5.74) is -1.21. The number of hydrogen-bond acceptors (Lipinski definition) is 5. The summed E-state index contributed by atoms with van der Waals surface area (Å²) < 4.78 is 73.2. The lowest BCUT2D eigenvalue weighted by Crippen LogP contribution is -2.58. The van der Waals surface area contributed by atoms with E-state index >= 15 is 0 Å². The van der Waals surface area contributed by atoms with Crippen molar-refractivity contribution >= 4 is 21.6 Å². The van der Waals surface area contributed by atoms with E-state index in [0.717, 1.165) is 22.4 Å². The van der Waals surface area contributed by atoms with E-state index in [9.17, 15) is 26.4 Å². The van der Waals surface area contributed by atoms with Gasteiger partial charge in [0.05, 0.1) is 30.0 Å². The SMILES string of the molecule is COc1ccc(CNC(=O)[C@@]23[C@@H]4CC[C@@H](C4)[C@@H]2CN(c2ccc(C#N)c(C(F)(F)F)c2)S3(=O)=O)cc1. The number of nitrogens with one attached hydrogen (secondary N) is 1. The molecule has 2 aromatic carbocycles. The minimum atomic E-state index is -4.83. The first-order chi connectivity index (χ1) is 17.0. The van der Waals surface area contributed by atoms with Gasteiger partial charge in [-0.2, -0.15) is 18.4 Å². The van der Waals surface area contributed by atoms with Crippen molar-refractivity contribution in [3.8, 4) is 11.8 Å². The first kappa shape index (κ1) is 24.4. The Labute approximate surface area is 206 Å². The molecule has 0 aromatic heterocycles. The Morgan fingerprint density at radius 1 is 1.22 bits per heavy atom. The molecule has 3 fully saturated rings. The van der Waals surface area contributed by atoms with Crippen LogP contribution >= 0.6 is 0 Å². The highest BCUT2D eigenvalue weighted by atomic mass is 32.2. The molecule has 2 aliphatic carbocycles. The number of anilines is 1. The van der Waals surface area contributed by atoms with E-state index < -0.39 is 49.8 Å². The molecule has 0 radical (unpaired) electrons. The van der Waals surface area contributed by atoms with Crippen LogP contribution in [0.2, 0.25) is 0 Å². The van der Waals surface area contributed by atoms with Gasteiger partial charge in [-0.05, 0) is 67.0 Å². The van der Waals surface area contributed by atoms with E-state index in [1.165, 1.54) is 19.2 Å². The quantitative estimate of drug-likeness (QED) is 0.647. The van der Waals surface area contributed by atoms with E-state index in [1.54, 1.807) is 24.3 Å². The predicted octanol–water partition coefficient (Wildman–Crippen LogP) is 3.84. The molecule has 1 N–H and O–H groups in total. The van der Waals surface area contributed by atoms with Gasteiger partial charge in [-0.15, -0.1) is 0 Å². The molecule has 11 heteroatoms. The summed E-state index contributed by atoms with van der Waals surface area (Å²) in [5, 5.41) is 11.9. The smallest absolute Gasteiger partial charge is 0.417 e. The first-order valence-corrected chi connectivity index (χ1v) is 13.0. The number of nitrogens with zero attached hydrogens (tertiary/aromatic N) is 2. The molecule has 1 heterocycles. The van der Waals surface area contributed by atoms with Gasteiger partial charge in [0.1, 0.15) is 5.75 Å². The van der Waals surface area contributed by atoms with Crippen LogP contribution in [0.4, 0.5) is 18.9 Å². The summed E-state index contributed by atoms with van der Waals surface area (Å²) in [6, 6.07) is 11.4. The molecule has 1 saturated heterocycles. The molecule has 2 aromatic rings. The van der Waals surface area contributed by atoms with Crippen LogP contribution in [-0.4, -0.2) is 32.7 Å². The van der Waals surface area contributed by atoms with Crippen molar-refractivity contribution in [1.29, 1.82) is 5.26 Å².